The number of hydrogen-bond donors (Lipinski definition) is 1. The second kappa shape index (κ2) is 11.5. The molecule has 0 radical (unpaired) electrons. The van der Waals surface area contributed by atoms with Gasteiger partial charge >= 0.3 is 0 Å². The molecule has 0 saturated carbocycles. The second-order valence-corrected chi connectivity index (χ2v) is 9.16. The van der Waals surface area contributed by atoms with Gasteiger partial charge in [0.1, 0.15) is 17.6 Å². The fourth-order valence-electron chi connectivity index (χ4n) is 3.56. The largest absolute Gasteiger partial charge is 0.484 e. The summed E-state index contributed by atoms with van der Waals surface area (Å²) in [6.45, 7) is 5.31. The van der Waals surface area contributed by atoms with Crippen LogP contribution in [0.25, 0.3) is 0 Å². The first kappa shape index (κ1) is 25.0. The van der Waals surface area contributed by atoms with Crippen molar-refractivity contribution in [3.05, 3.63) is 102 Å². The lowest BCUT2D eigenvalue weighted by Gasteiger charge is -2.33. The lowest BCUT2D eigenvalue weighted by atomic mass is 10.0. The van der Waals surface area contributed by atoms with Gasteiger partial charge in [-0.15, -0.1) is 0 Å². The van der Waals surface area contributed by atoms with Gasteiger partial charge < -0.3 is 15.0 Å². The first-order valence-electron chi connectivity index (χ1n) is 11.3. The third kappa shape index (κ3) is 7.44. The zero-order valence-electron chi connectivity index (χ0n) is 19.8. The highest BCUT2D eigenvalue weighted by atomic mass is 19.1. The van der Waals surface area contributed by atoms with E-state index >= 15 is 0 Å². The van der Waals surface area contributed by atoms with Gasteiger partial charge in [-0.3, -0.25) is 9.59 Å². The van der Waals surface area contributed by atoms with Crippen LogP contribution in [-0.4, -0.2) is 34.9 Å². The van der Waals surface area contributed by atoms with Crippen LogP contribution in [0.3, 0.4) is 0 Å². The first-order valence-corrected chi connectivity index (χ1v) is 11.3. The van der Waals surface area contributed by atoms with Crippen molar-refractivity contribution in [1.29, 1.82) is 0 Å². The lowest BCUT2D eigenvalue weighted by Crippen LogP contribution is -2.55. The quantitative estimate of drug-likeness (QED) is 0.499. The molecule has 0 aliphatic heterocycles. The molecule has 0 heterocycles. The Bertz CT molecular complexity index is 1080. The number of carbonyl (C=O) groups excluding carboxylic acids is 2. The van der Waals surface area contributed by atoms with E-state index in [-0.39, 0.29) is 25.5 Å². The van der Waals surface area contributed by atoms with Crippen molar-refractivity contribution in [3.8, 4) is 5.75 Å². The van der Waals surface area contributed by atoms with Gasteiger partial charge in [0.15, 0.2) is 6.61 Å². The number of para-hydroxylation sites is 1. The predicted molar refractivity (Wildman–Crippen MR) is 131 cm³/mol. The van der Waals surface area contributed by atoms with Crippen LogP contribution in [0, 0.1) is 5.82 Å². The maximum Gasteiger partial charge on any atom is 0.261 e. The third-order valence-corrected chi connectivity index (χ3v) is 5.17. The SMILES string of the molecule is CC(C)(C)NC(=O)[C@H](Cc1ccccc1)N(Cc1ccccc1F)C(=O)COc1ccccc1. The lowest BCUT2D eigenvalue weighted by molar-refractivity contribution is -0.143. The molecule has 1 atom stereocenters. The van der Waals surface area contributed by atoms with E-state index in [1.54, 1.807) is 30.3 Å². The van der Waals surface area contributed by atoms with E-state index in [9.17, 15) is 14.0 Å². The van der Waals surface area contributed by atoms with E-state index in [0.29, 0.717) is 11.3 Å². The highest BCUT2D eigenvalue weighted by Gasteiger charge is 2.32. The molecule has 0 bridgehead atoms. The number of ether oxygens (including phenoxy) is 1. The number of benzene rings is 3. The molecule has 3 aromatic rings. The van der Waals surface area contributed by atoms with Crippen LogP contribution >= 0.6 is 0 Å². The van der Waals surface area contributed by atoms with Crippen LogP contribution in [-0.2, 0) is 22.6 Å². The van der Waals surface area contributed by atoms with Gasteiger partial charge in [-0.25, -0.2) is 4.39 Å². The van der Waals surface area contributed by atoms with E-state index in [0.717, 1.165) is 5.56 Å². The molecule has 3 aromatic carbocycles. The molecule has 3 rings (SSSR count). The normalized spacial score (nSPS) is 12.0. The highest BCUT2D eigenvalue weighted by Crippen LogP contribution is 2.18. The Hall–Kier alpha value is -3.67. The van der Waals surface area contributed by atoms with Crippen molar-refractivity contribution in [1.82, 2.24) is 10.2 Å². The van der Waals surface area contributed by atoms with E-state index in [2.05, 4.69) is 5.32 Å². The molecule has 0 fully saturated rings. The van der Waals surface area contributed by atoms with Crippen molar-refractivity contribution in [2.75, 3.05) is 6.61 Å². The maximum absolute atomic E-state index is 14.6. The number of carbonyl (C=O) groups is 2. The van der Waals surface area contributed by atoms with Gasteiger partial charge in [0.05, 0.1) is 0 Å². The standard InChI is InChI=1S/C28H31FN2O3/c1-28(2,3)30-27(33)25(18-21-12-6-4-7-13-21)31(19-22-14-10-11-17-24(22)29)26(32)20-34-23-15-8-5-9-16-23/h4-17,25H,18-20H2,1-3H3,(H,30,33)/t25-/m0/s1. The zero-order chi connectivity index (χ0) is 24.6. The fraction of sp³-hybridized carbons (Fsp3) is 0.286. The Balaban J connectivity index is 1.94. The topological polar surface area (TPSA) is 58.6 Å². The van der Waals surface area contributed by atoms with E-state index in [1.807, 2.05) is 69.3 Å². The minimum absolute atomic E-state index is 0.0568. The minimum Gasteiger partial charge on any atom is -0.484 e. The third-order valence-electron chi connectivity index (χ3n) is 5.17. The summed E-state index contributed by atoms with van der Waals surface area (Å²) in [6.07, 6.45) is 0.286. The summed E-state index contributed by atoms with van der Waals surface area (Å²) in [6, 6.07) is 23.9. The minimum atomic E-state index is -0.854. The molecular formula is C28H31FN2O3. The summed E-state index contributed by atoms with van der Waals surface area (Å²) in [4.78, 5) is 28.3. The molecule has 0 unspecified atom stereocenters. The molecule has 1 N–H and O–H groups in total. The van der Waals surface area contributed by atoms with Crippen molar-refractivity contribution < 1.29 is 18.7 Å². The molecule has 5 nitrogen and oxygen atoms in total. The van der Waals surface area contributed by atoms with Gasteiger partial charge in [0, 0.05) is 24.1 Å². The molecule has 2 amide bonds. The van der Waals surface area contributed by atoms with Crippen LogP contribution < -0.4 is 10.1 Å². The summed E-state index contributed by atoms with van der Waals surface area (Å²) in [5.74, 6) is -0.600. The average Bonchev–Trinajstić information content (AvgIpc) is 2.81. The Morgan fingerprint density at radius 1 is 0.912 bits per heavy atom. The first-order chi connectivity index (χ1) is 16.2. The smallest absolute Gasteiger partial charge is 0.261 e. The molecular weight excluding hydrogens is 431 g/mol. The molecule has 0 aliphatic carbocycles. The number of halogens is 1. The van der Waals surface area contributed by atoms with Crippen LogP contribution in [0.2, 0.25) is 0 Å². The van der Waals surface area contributed by atoms with Crippen molar-refractivity contribution in [3.63, 3.8) is 0 Å². The zero-order valence-corrected chi connectivity index (χ0v) is 19.8. The summed E-state index contributed by atoms with van der Waals surface area (Å²) < 4.78 is 20.2. The Labute approximate surface area is 200 Å². The molecule has 0 spiro atoms. The fourth-order valence-corrected chi connectivity index (χ4v) is 3.56. The van der Waals surface area contributed by atoms with Crippen molar-refractivity contribution in [2.24, 2.45) is 0 Å². The molecule has 178 valence electrons. The maximum atomic E-state index is 14.6. The van der Waals surface area contributed by atoms with Crippen LogP contribution in [0.5, 0.6) is 5.75 Å². The van der Waals surface area contributed by atoms with Crippen LogP contribution in [0.4, 0.5) is 4.39 Å². The Morgan fingerprint density at radius 3 is 2.12 bits per heavy atom. The van der Waals surface area contributed by atoms with E-state index in [4.69, 9.17) is 4.74 Å². The molecule has 0 saturated heterocycles. The number of rotatable bonds is 9. The number of nitrogens with one attached hydrogen (secondary N) is 1. The van der Waals surface area contributed by atoms with Gasteiger partial charge in [0.25, 0.3) is 5.91 Å². The van der Waals surface area contributed by atoms with E-state index in [1.165, 1.54) is 11.0 Å². The number of nitrogens with zero attached hydrogens (tertiary/aromatic N) is 1. The highest BCUT2D eigenvalue weighted by molar-refractivity contribution is 5.89. The summed E-state index contributed by atoms with van der Waals surface area (Å²) in [7, 11) is 0. The van der Waals surface area contributed by atoms with Gasteiger partial charge in [0.2, 0.25) is 5.91 Å². The monoisotopic (exact) mass is 462 g/mol. The molecule has 6 heteroatoms. The summed E-state index contributed by atoms with van der Waals surface area (Å²) in [5, 5.41) is 2.98. The predicted octanol–water partition coefficient (Wildman–Crippen LogP) is 4.76. The summed E-state index contributed by atoms with van der Waals surface area (Å²) in [5.41, 5.74) is 0.725. The number of amides is 2. The second-order valence-electron chi connectivity index (χ2n) is 9.16. The molecule has 34 heavy (non-hydrogen) atoms. The van der Waals surface area contributed by atoms with Crippen molar-refractivity contribution in [2.45, 2.75) is 45.3 Å². The van der Waals surface area contributed by atoms with Gasteiger partial charge in [-0.1, -0.05) is 66.7 Å². The van der Waals surface area contributed by atoms with Crippen molar-refractivity contribution >= 4 is 11.8 Å². The summed E-state index contributed by atoms with van der Waals surface area (Å²) >= 11 is 0. The molecule has 0 aromatic heterocycles. The van der Waals surface area contributed by atoms with Crippen LogP contribution in [0.15, 0.2) is 84.9 Å². The molecule has 0 aliphatic rings. The van der Waals surface area contributed by atoms with Gasteiger partial charge in [-0.2, -0.15) is 0 Å². The number of hydrogen-bond acceptors (Lipinski definition) is 3. The Kier molecular flexibility index (Phi) is 8.41. The van der Waals surface area contributed by atoms with Gasteiger partial charge in [-0.05, 0) is 44.5 Å². The van der Waals surface area contributed by atoms with E-state index < -0.39 is 23.3 Å². The van der Waals surface area contributed by atoms with Crippen LogP contribution in [0.1, 0.15) is 31.9 Å². The average molecular weight is 463 g/mol. The Morgan fingerprint density at radius 2 is 1.50 bits per heavy atom.